The Balaban J connectivity index is 2.00. The van der Waals surface area contributed by atoms with Gasteiger partial charge in [0, 0.05) is 6.54 Å². The fourth-order valence-electron chi connectivity index (χ4n) is 2.58. The number of ether oxygens (including phenoxy) is 1. The molecule has 0 aromatic heterocycles. The van der Waals surface area contributed by atoms with Crippen molar-refractivity contribution in [3.63, 3.8) is 0 Å². The van der Waals surface area contributed by atoms with E-state index in [4.69, 9.17) is 14.0 Å². The third-order valence-electron chi connectivity index (χ3n) is 5.04. The van der Waals surface area contributed by atoms with Crippen molar-refractivity contribution >= 4 is 12.6 Å². The van der Waals surface area contributed by atoms with Crippen molar-refractivity contribution in [3.8, 4) is 5.75 Å². The largest absolute Gasteiger partial charge is 0.494 e. The lowest BCUT2D eigenvalue weighted by Gasteiger charge is -2.32. The molecule has 6 heteroatoms. The van der Waals surface area contributed by atoms with Gasteiger partial charge in [-0.05, 0) is 58.4 Å². The summed E-state index contributed by atoms with van der Waals surface area (Å²) < 4.78 is 31.8. The maximum atomic E-state index is 14.3. The van der Waals surface area contributed by atoms with Gasteiger partial charge in [-0.1, -0.05) is 19.9 Å². The number of likely N-dealkylation sites (N-methyl/N-ethyl adjacent to an activating group) is 1. The first kappa shape index (κ1) is 19.2. The molecule has 0 saturated carbocycles. The van der Waals surface area contributed by atoms with Crippen LogP contribution >= 0.6 is 0 Å². The van der Waals surface area contributed by atoms with Crippen molar-refractivity contribution in [1.82, 2.24) is 4.90 Å². The molecule has 0 amide bonds. The van der Waals surface area contributed by atoms with Crippen molar-refractivity contribution in [2.75, 3.05) is 26.2 Å². The molecule has 1 aliphatic heterocycles. The normalized spacial score (nSPS) is 19.1. The van der Waals surface area contributed by atoms with E-state index in [2.05, 4.69) is 18.7 Å². The van der Waals surface area contributed by atoms with Crippen LogP contribution in [-0.4, -0.2) is 49.5 Å². The number of benzene rings is 1. The Morgan fingerprint density at radius 2 is 1.67 bits per heavy atom. The summed E-state index contributed by atoms with van der Waals surface area (Å²) in [6, 6.07) is 4.89. The van der Waals surface area contributed by atoms with Crippen molar-refractivity contribution in [2.24, 2.45) is 0 Å². The van der Waals surface area contributed by atoms with Gasteiger partial charge in [0.25, 0.3) is 0 Å². The number of halogens is 1. The fourth-order valence-corrected chi connectivity index (χ4v) is 2.58. The van der Waals surface area contributed by atoms with Crippen LogP contribution in [0.4, 0.5) is 4.39 Å². The van der Waals surface area contributed by atoms with Gasteiger partial charge in [-0.3, -0.25) is 0 Å². The van der Waals surface area contributed by atoms with E-state index in [1.54, 1.807) is 12.1 Å². The van der Waals surface area contributed by atoms with Crippen LogP contribution in [-0.2, 0) is 9.31 Å². The Labute approximate surface area is 145 Å². The first-order chi connectivity index (χ1) is 11.2. The molecule has 0 radical (unpaired) electrons. The maximum absolute atomic E-state index is 14.3. The van der Waals surface area contributed by atoms with Crippen LogP contribution in [0.3, 0.4) is 0 Å². The quantitative estimate of drug-likeness (QED) is 0.716. The van der Waals surface area contributed by atoms with Gasteiger partial charge >= 0.3 is 7.12 Å². The van der Waals surface area contributed by atoms with Gasteiger partial charge in [-0.2, -0.15) is 0 Å². The van der Waals surface area contributed by atoms with Gasteiger partial charge < -0.3 is 18.9 Å². The molecule has 134 valence electrons. The summed E-state index contributed by atoms with van der Waals surface area (Å²) in [7, 11) is -0.561. The average molecular weight is 337 g/mol. The van der Waals surface area contributed by atoms with Gasteiger partial charge in [0.2, 0.25) is 0 Å². The van der Waals surface area contributed by atoms with Crippen LogP contribution in [0.1, 0.15) is 41.5 Å². The van der Waals surface area contributed by atoms with E-state index in [0.29, 0.717) is 12.1 Å². The topological polar surface area (TPSA) is 30.9 Å². The SMILES string of the molecule is CCN(CC)CCOc1ccc(B2OC(C)(C)C(C)(C)O2)cc1F. The summed E-state index contributed by atoms with van der Waals surface area (Å²) in [5, 5.41) is 0. The lowest BCUT2D eigenvalue weighted by molar-refractivity contribution is 0.00578. The second-order valence-electron chi connectivity index (χ2n) is 7.15. The summed E-state index contributed by atoms with van der Waals surface area (Å²) in [5.74, 6) is -0.121. The highest BCUT2D eigenvalue weighted by atomic mass is 19.1. The number of hydrogen-bond donors (Lipinski definition) is 0. The zero-order chi connectivity index (χ0) is 18.0. The number of hydrogen-bond acceptors (Lipinski definition) is 4. The van der Waals surface area contributed by atoms with E-state index < -0.39 is 18.3 Å². The molecule has 0 aliphatic carbocycles. The highest BCUT2D eigenvalue weighted by Gasteiger charge is 2.51. The van der Waals surface area contributed by atoms with Gasteiger partial charge in [0.05, 0.1) is 11.2 Å². The van der Waals surface area contributed by atoms with E-state index in [1.165, 1.54) is 6.07 Å². The predicted molar refractivity (Wildman–Crippen MR) is 95.4 cm³/mol. The molecule has 0 spiro atoms. The van der Waals surface area contributed by atoms with Crippen LogP contribution in [0, 0.1) is 5.82 Å². The summed E-state index contributed by atoms with van der Waals surface area (Å²) >= 11 is 0. The third kappa shape index (κ3) is 4.10. The molecule has 1 aromatic rings. The molecular weight excluding hydrogens is 308 g/mol. The monoisotopic (exact) mass is 337 g/mol. The summed E-state index contributed by atoms with van der Waals surface area (Å²) in [5.41, 5.74) is -0.206. The lowest BCUT2D eigenvalue weighted by Crippen LogP contribution is -2.41. The van der Waals surface area contributed by atoms with Crippen LogP contribution in [0.2, 0.25) is 0 Å². The van der Waals surface area contributed by atoms with Crippen LogP contribution < -0.4 is 10.2 Å². The molecule has 1 fully saturated rings. The lowest BCUT2D eigenvalue weighted by atomic mass is 9.79. The first-order valence-corrected chi connectivity index (χ1v) is 8.70. The Kier molecular flexibility index (Phi) is 5.94. The van der Waals surface area contributed by atoms with Gasteiger partial charge in [-0.15, -0.1) is 0 Å². The highest BCUT2D eigenvalue weighted by molar-refractivity contribution is 6.62. The third-order valence-corrected chi connectivity index (χ3v) is 5.04. The molecule has 0 N–H and O–H groups in total. The molecule has 0 bridgehead atoms. The van der Waals surface area contributed by atoms with Crippen LogP contribution in [0.15, 0.2) is 18.2 Å². The molecule has 1 aromatic carbocycles. The Morgan fingerprint density at radius 1 is 1.08 bits per heavy atom. The minimum atomic E-state index is -0.561. The summed E-state index contributed by atoms with van der Waals surface area (Å²) in [4.78, 5) is 2.23. The second kappa shape index (κ2) is 7.42. The van der Waals surface area contributed by atoms with E-state index >= 15 is 0 Å². The Morgan fingerprint density at radius 3 is 2.17 bits per heavy atom. The van der Waals surface area contributed by atoms with Crippen molar-refractivity contribution < 1.29 is 18.4 Å². The molecule has 1 heterocycles. The zero-order valence-electron chi connectivity index (χ0n) is 15.7. The molecule has 1 aliphatic rings. The Hall–Kier alpha value is -1.11. The van der Waals surface area contributed by atoms with Crippen molar-refractivity contribution in [2.45, 2.75) is 52.7 Å². The van der Waals surface area contributed by atoms with Gasteiger partial charge in [0.1, 0.15) is 6.61 Å². The number of rotatable bonds is 7. The molecule has 1 saturated heterocycles. The fraction of sp³-hybridized carbons (Fsp3) is 0.667. The van der Waals surface area contributed by atoms with Crippen LogP contribution in [0.5, 0.6) is 5.75 Å². The Bertz CT molecular complexity index is 545. The molecule has 0 unspecified atom stereocenters. The van der Waals surface area contributed by atoms with Crippen LogP contribution in [0.25, 0.3) is 0 Å². The minimum absolute atomic E-state index is 0.266. The van der Waals surface area contributed by atoms with E-state index in [-0.39, 0.29) is 11.6 Å². The summed E-state index contributed by atoms with van der Waals surface area (Å²) in [6.07, 6.45) is 0. The van der Waals surface area contributed by atoms with E-state index in [9.17, 15) is 4.39 Å². The van der Waals surface area contributed by atoms with Crippen molar-refractivity contribution in [1.29, 1.82) is 0 Å². The van der Waals surface area contributed by atoms with E-state index in [1.807, 2.05) is 27.7 Å². The smallest absolute Gasteiger partial charge is 0.489 e. The standard InChI is InChI=1S/C18H29BFNO3/c1-7-21(8-2)11-12-22-16-10-9-14(13-15(16)20)19-23-17(3,4)18(5,6)24-19/h9-10,13H,7-8,11-12H2,1-6H3. The minimum Gasteiger partial charge on any atom is -0.489 e. The molecular formula is C18H29BFNO3. The van der Waals surface area contributed by atoms with E-state index in [0.717, 1.165) is 19.6 Å². The average Bonchev–Trinajstić information content (AvgIpc) is 2.73. The molecule has 0 atom stereocenters. The van der Waals surface area contributed by atoms with Gasteiger partial charge in [-0.25, -0.2) is 4.39 Å². The molecule has 4 nitrogen and oxygen atoms in total. The maximum Gasteiger partial charge on any atom is 0.494 e. The number of nitrogens with zero attached hydrogens (tertiary/aromatic N) is 1. The predicted octanol–water partition coefficient (Wildman–Crippen LogP) is 2.85. The van der Waals surface area contributed by atoms with Gasteiger partial charge in [0.15, 0.2) is 11.6 Å². The molecule has 24 heavy (non-hydrogen) atoms. The molecule has 2 rings (SSSR count). The first-order valence-electron chi connectivity index (χ1n) is 8.70. The summed E-state index contributed by atoms with van der Waals surface area (Å²) in [6.45, 7) is 15.3. The second-order valence-corrected chi connectivity index (χ2v) is 7.15. The zero-order valence-corrected chi connectivity index (χ0v) is 15.7. The highest BCUT2D eigenvalue weighted by Crippen LogP contribution is 2.36. The van der Waals surface area contributed by atoms with Crippen molar-refractivity contribution in [3.05, 3.63) is 24.0 Å².